The zero-order valence-electron chi connectivity index (χ0n) is 9.12. The van der Waals surface area contributed by atoms with Crippen molar-refractivity contribution in [3.8, 4) is 11.8 Å². The van der Waals surface area contributed by atoms with Gasteiger partial charge in [0.15, 0.2) is 0 Å². The van der Waals surface area contributed by atoms with Crippen LogP contribution in [-0.4, -0.2) is 17.7 Å². The second kappa shape index (κ2) is 4.81. The molecule has 0 aliphatic heterocycles. The van der Waals surface area contributed by atoms with Gasteiger partial charge in [-0.25, -0.2) is 0 Å². The molecule has 0 bridgehead atoms. The number of rotatable bonds is 4. The lowest BCUT2D eigenvalue weighted by Crippen LogP contribution is -2.38. The number of hydrogen-bond acceptors (Lipinski definition) is 3. The molecule has 0 aliphatic rings. The Morgan fingerprint density at radius 3 is 2.47 bits per heavy atom. The minimum Gasteiger partial charge on any atom is -0.508 e. The summed E-state index contributed by atoms with van der Waals surface area (Å²) in [6, 6.07) is 9.33. The largest absolute Gasteiger partial charge is 0.508 e. The van der Waals surface area contributed by atoms with Crippen LogP contribution in [0.5, 0.6) is 5.75 Å². The van der Waals surface area contributed by atoms with Crippen molar-refractivity contribution in [3.63, 3.8) is 0 Å². The van der Waals surface area contributed by atoms with Gasteiger partial charge >= 0.3 is 0 Å². The molecule has 80 valence electrons. The van der Waals surface area contributed by atoms with E-state index in [1.807, 2.05) is 19.1 Å². The van der Waals surface area contributed by atoms with E-state index in [9.17, 15) is 0 Å². The lowest BCUT2D eigenvalue weighted by molar-refractivity contribution is 0.454. The molecule has 2 N–H and O–H groups in total. The topological polar surface area (TPSA) is 56.0 Å². The van der Waals surface area contributed by atoms with Crippen molar-refractivity contribution < 1.29 is 5.11 Å². The van der Waals surface area contributed by atoms with Crippen LogP contribution in [0.3, 0.4) is 0 Å². The molecular formula is C12H16N2O. The van der Waals surface area contributed by atoms with Gasteiger partial charge in [0.2, 0.25) is 0 Å². The minimum atomic E-state index is -0.474. The van der Waals surface area contributed by atoms with Gasteiger partial charge in [-0.05, 0) is 44.5 Å². The maximum atomic E-state index is 9.11. The summed E-state index contributed by atoms with van der Waals surface area (Å²) in [7, 11) is 1.79. The molecule has 0 fully saturated rings. The molecule has 1 rings (SSSR count). The summed E-state index contributed by atoms with van der Waals surface area (Å²) in [4.78, 5) is 0. The number of nitriles is 1. The number of hydrogen-bond donors (Lipinski definition) is 2. The fraction of sp³-hybridized carbons (Fsp3) is 0.417. The van der Waals surface area contributed by atoms with Gasteiger partial charge in [0.25, 0.3) is 0 Å². The Balaban J connectivity index is 2.58. The van der Waals surface area contributed by atoms with Crippen molar-refractivity contribution in [2.75, 3.05) is 7.05 Å². The third-order valence-corrected chi connectivity index (χ3v) is 2.65. The molecular weight excluding hydrogens is 188 g/mol. The predicted molar refractivity (Wildman–Crippen MR) is 59.5 cm³/mol. The monoisotopic (exact) mass is 204 g/mol. The molecule has 0 radical (unpaired) electrons. The molecule has 15 heavy (non-hydrogen) atoms. The molecule has 0 aromatic heterocycles. The van der Waals surface area contributed by atoms with Crippen LogP contribution in [0.15, 0.2) is 24.3 Å². The molecule has 1 aromatic rings. The summed E-state index contributed by atoms with van der Waals surface area (Å²) < 4.78 is 0. The Hall–Kier alpha value is -1.53. The number of nitrogens with zero attached hydrogens (tertiary/aromatic N) is 1. The molecule has 0 saturated carbocycles. The standard InChI is InChI=1S/C12H16N2O/c1-12(9-13,14-2)8-7-10-3-5-11(15)6-4-10/h3-6,14-15H,7-8H2,1-2H3. The number of phenolic OH excluding ortho intramolecular Hbond substituents is 1. The first kappa shape index (κ1) is 11.5. The summed E-state index contributed by atoms with van der Waals surface area (Å²) in [5.74, 6) is 0.274. The van der Waals surface area contributed by atoms with Gasteiger partial charge in [0.05, 0.1) is 6.07 Å². The first-order valence-corrected chi connectivity index (χ1v) is 4.98. The van der Waals surface area contributed by atoms with Gasteiger partial charge in [-0.3, -0.25) is 0 Å². The fourth-order valence-electron chi connectivity index (χ4n) is 1.29. The molecule has 0 amide bonds. The fourth-order valence-corrected chi connectivity index (χ4v) is 1.29. The molecule has 1 atom stereocenters. The minimum absolute atomic E-state index is 0.274. The second-order valence-corrected chi connectivity index (χ2v) is 3.86. The van der Waals surface area contributed by atoms with Gasteiger partial charge in [-0.15, -0.1) is 0 Å². The highest BCUT2D eigenvalue weighted by atomic mass is 16.3. The van der Waals surface area contributed by atoms with Crippen molar-refractivity contribution in [2.24, 2.45) is 0 Å². The summed E-state index contributed by atoms with van der Waals surface area (Å²) in [6.45, 7) is 1.88. The highest BCUT2D eigenvalue weighted by molar-refractivity contribution is 5.26. The van der Waals surface area contributed by atoms with Gasteiger partial charge in [-0.2, -0.15) is 5.26 Å². The first-order valence-electron chi connectivity index (χ1n) is 4.98. The Bertz CT molecular complexity index is 353. The van der Waals surface area contributed by atoms with E-state index in [-0.39, 0.29) is 5.75 Å². The van der Waals surface area contributed by atoms with E-state index in [0.29, 0.717) is 0 Å². The van der Waals surface area contributed by atoms with Gasteiger partial charge in [-0.1, -0.05) is 12.1 Å². The molecule has 1 unspecified atom stereocenters. The first-order chi connectivity index (χ1) is 7.09. The third kappa shape index (κ3) is 3.26. The van der Waals surface area contributed by atoms with E-state index < -0.39 is 5.54 Å². The molecule has 3 nitrogen and oxygen atoms in total. The van der Waals surface area contributed by atoms with E-state index in [1.165, 1.54) is 0 Å². The van der Waals surface area contributed by atoms with E-state index in [2.05, 4.69) is 11.4 Å². The van der Waals surface area contributed by atoms with Gasteiger partial charge in [0, 0.05) is 0 Å². The average Bonchev–Trinajstić information content (AvgIpc) is 2.28. The van der Waals surface area contributed by atoms with Crippen molar-refractivity contribution in [3.05, 3.63) is 29.8 Å². The summed E-state index contributed by atoms with van der Waals surface area (Å²) in [5.41, 5.74) is 0.655. The predicted octanol–water partition coefficient (Wildman–Crippen LogP) is 1.83. The Morgan fingerprint density at radius 2 is 2.00 bits per heavy atom. The van der Waals surface area contributed by atoms with E-state index >= 15 is 0 Å². The van der Waals surface area contributed by atoms with Gasteiger partial charge in [0.1, 0.15) is 11.3 Å². The number of aryl methyl sites for hydroxylation is 1. The van der Waals surface area contributed by atoms with Crippen molar-refractivity contribution in [1.82, 2.24) is 5.32 Å². The number of phenols is 1. The van der Waals surface area contributed by atoms with E-state index in [4.69, 9.17) is 10.4 Å². The third-order valence-electron chi connectivity index (χ3n) is 2.65. The molecule has 0 aliphatic carbocycles. The summed E-state index contributed by atoms with van der Waals surface area (Å²) in [5, 5.41) is 21.1. The second-order valence-electron chi connectivity index (χ2n) is 3.86. The summed E-state index contributed by atoms with van der Waals surface area (Å²) >= 11 is 0. The van der Waals surface area contributed by atoms with Crippen molar-refractivity contribution in [2.45, 2.75) is 25.3 Å². The number of aromatic hydroxyl groups is 1. The molecule has 0 heterocycles. The quantitative estimate of drug-likeness (QED) is 0.786. The lowest BCUT2D eigenvalue weighted by Gasteiger charge is -2.20. The van der Waals surface area contributed by atoms with Crippen LogP contribution in [0.1, 0.15) is 18.9 Å². The lowest BCUT2D eigenvalue weighted by atomic mass is 9.95. The van der Waals surface area contributed by atoms with E-state index in [1.54, 1.807) is 19.2 Å². The molecule has 1 aromatic carbocycles. The smallest absolute Gasteiger partial charge is 0.115 e. The Labute approximate surface area is 90.4 Å². The van der Waals surface area contributed by atoms with Crippen molar-refractivity contribution in [1.29, 1.82) is 5.26 Å². The van der Waals surface area contributed by atoms with Gasteiger partial charge < -0.3 is 10.4 Å². The van der Waals surface area contributed by atoms with Crippen LogP contribution in [0.2, 0.25) is 0 Å². The zero-order valence-corrected chi connectivity index (χ0v) is 9.12. The zero-order chi connectivity index (χ0) is 11.3. The van der Waals surface area contributed by atoms with Crippen LogP contribution in [0.4, 0.5) is 0 Å². The Kier molecular flexibility index (Phi) is 3.70. The highest BCUT2D eigenvalue weighted by Crippen LogP contribution is 2.15. The van der Waals surface area contributed by atoms with Crippen LogP contribution in [-0.2, 0) is 6.42 Å². The molecule has 3 heteroatoms. The van der Waals surface area contributed by atoms with Crippen LogP contribution >= 0.6 is 0 Å². The van der Waals surface area contributed by atoms with Crippen LogP contribution in [0, 0.1) is 11.3 Å². The number of benzene rings is 1. The number of nitrogens with one attached hydrogen (secondary N) is 1. The molecule has 0 saturated heterocycles. The maximum Gasteiger partial charge on any atom is 0.115 e. The average molecular weight is 204 g/mol. The highest BCUT2D eigenvalue weighted by Gasteiger charge is 2.20. The summed E-state index contributed by atoms with van der Waals surface area (Å²) in [6.07, 6.45) is 1.58. The Morgan fingerprint density at radius 1 is 1.40 bits per heavy atom. The van der Waals surface area contributed by atoms with Crippen molar-refractivity contribution >= 4 is 0 Å². The SMILES string of the molecule is CNC(C)(C#N)CCc1ccc(O)cc1. The molecule has 0 spiro atoms. The normalized spacial score (nSPS) is 14.2. The van der Waals surface area contributed by atoms with Crippen LogP contribution in [0.25, 0.3) is 0 Å². The van der Waals surface area contributed by atoms with Crippen LogP contribution < -0.4 is 5.32 Å². The maximum absolute atomic E-state index is 9.11. The van der Waals surface area contributed by atoms with E-state index in [0.717, 1.165) is 18.4 Å².